The molecule has 1 aromatic carbocycles. The number of nitrogens with one attached hydrogen (secondary N) is 1. The molecule has 0 aliphatic heterocycles. The second-order valence-electron chi connectivity index (χ2n) is 3.43. The van der Waals surface area contributed by atoms with Gasteiger partial charge in [-0.2, -0.15) is 0 Å². The van der Waals surface area contributed by atoms with Gasteiger partial charge in [-0.25, -0.2) is 15.4 Å². The van der Waals surface area contributed by atoms with Crippen LogP contribution in [0.3, 0.4) is 0 Å². The molecule has 0 spiro atoms. The molecule has 1 N–H and O–H groups in total. The van der Waals surface area contributed by atoms with Crippen LogP contribution in [0.5, 0.6) is 0 Å². The quantitative estimate of drug-likeness (QED) is 0.857. The van der Waals surface area contributed by atoms with Gasteiger partial charge in [0.15, 0.2) is 0 Å². The minimum absolute atomic E-state index is 0.146. The molecule has 2 rings (SSSR count). The van der Waals surface area contributed by atoms with Crippen LogP contribution < -0.4 is 5.48 Å². The Labute approximate surface area is 109 Å². The van der Waals surface area contributed by atoms with Crippen LogP contribution in [0.25, 0.3) is 0 Å². The van der Waals surface area contributed by atoms with E-state index in [-0.39, 0.29) is 17.5 Å². The van der Waals surface area contributed by atoms with Crippen LogP contribution in [0.15, 0.2) is 42.7 Å². The largest absolute Gasteiger partial charge is 0.295 e. The summed E-state index contributed by atoms with van der Waals surface area (Å²) in [7, 11) is 0. The number of halogens is 1. The Bertz CT molecular complexity index is 517. The summed E-state index contributed by atoms with van der Waals surface area (Å²) in [6.45, 7) is 0.285. The fraction of sp³-hybridized carbons (Fsp3) is 0.0833. The van der Waals surface area contributed by atoms with E-state index >= 15 is 0 Å². The van der Waals surface area contributed by atoms with Gasteiger partial charge in [0.2, 0.25) is 0 Å². The van der Waals surface area contributed by atoms with Gasteiger partial charge in [0, 0.05) is 0 Å². The lowest BCUT2D eigenvalue weighted by Gasteiger charge is -2.05. The molecule has 0 saturated heterocycles. The van der Waals surface area contributed by atoms with Crippen molar-refractivity contribution in [3.63, 3.8) is 0 Å². The Kier molecular flexibility index (Phi) is 4.22. The van der Waals surface area contributed by atoms with E-state index in [1.54, 1.807) is 0 Å². The summed E-state index contributed by atoms with van der Waals surface area (Å²) < 4.78 is 0. The van der Waals surface area contributed by atoms with Crippen LogP contribution in [0.2, 0.25) is 5.15 Å². The number of aromatic nitrogens is 2. The number of carbonyl (C=O) groups is 1. The molecule has 0 aliphatic carbocycles. The van der Waals surface area contributed by atoms with Crippen LogP contribution in [-0.2, 0) is 11.4 Å². The first-order valence-electron chi connectivity index (χ1n) is 5.19. The third-order valence-electron chi connectivity index (χ3n) is 2.10. The summed E-state index contributed by atoms with van der Waals surface area (Å²) in [6, 6.07) is 9.49. The molecule has 1 amide bonds. The van der Waals surface area contributed by atoms with Crippen LogP contribution in [-0.4, -0.2) is 15.9 Å². The van der Waals surface area contributed by atoms with Gasteiger partial charge in [0.1, 0.15) is 10.8 Å². The van der Waals surface area contributed by atoms with Crippen molar-refractivity contribution in [2.45, 2.75) is 6.61 Å². The van der Waals surface area contributed by atoms with Crippen LogP contribution in [0.4, 0.5) is 0 Å². The topological polar surface area (TPSA) is 64.1 Å². The van der Waals surface area contributed by atoms with E-state index in [2.05, 4.69) is 15.4 Å². The van der Waals surface area contributed by atoms with Gasteiger partial charge >= 0.3 is 0 Å². The third kappa shape index (κ3) is 3.51. The third-order valence-corrected chi connectivity index (χ3v) is 2.29. The van der Waals surface area contributed by atoms with Crippen molar-refractivity contribution >= 4 is 17.5 Å². The molecule has 0 unspecified atom stereocenters. The maximum atomic E-state index is 11.6. The lowest BCUT2D eigenvalue weighted by atomic mass is 10.2. The fourth-order valence-electron chi connectivity index (χ4n) is 1.24. The van der Waals surface area contributed by atoms with E-state index in [9.17, 15) is 4.79 Å². The van der Waals surface area contributed by atoms with Crippen LogP contribution >= 0.6 is 11.6 Å². The van der Waals surface area contributed by atoms with Gasteiger partial charge in [0.05, 0.1) is 19.0 Å². The molecule has 6 heteroatoms. The predicted molar refractivity (Wildman–Crippen MR) is 65.7 cm³/mol. The van der Waals surface area contributed by atoms with Crippen molar-refractivity contribution in [1.29, 1.82) is 0 Å². The molecular formula is C12H10ClN3O2. The lowest BCUT2D eigenvalue weighted by Crippen LogP contribution is -2.24. The molecule has 2 aromatic rings. The van der Waals surface area contributed by atoms with Crippen molar-refractivity contribution < 1.29 is 9.63 Å². The normalized spacial score (nSPS) is 10.1. The molecule has 1 aromatic heterocycles. The highest BCUT2D eigenvalue weighted by Gasteiger charge is 2.07. The van der Waals surface area contributed by atoms with E-state index in [0.29, 0.717) is 0 Å². The first-order valence-corrected chi connectivity index (χ1v) is 5.57. The summed E-state index contributed by atoms with van der Waals surface area (Å²) in [5.41, 5.74) is 3.39. The van der Waals surface area contributed by atoms with Gasteiger partial charge in [-0.15, -0.1) is 0 Å². The number of amides is 1. The number of hydrogen-bond acceptors (Lipinski definition) is 4. The van der Waals surface area contributed by atoms with Crippen molar-refractivity contribution in [2.75, 3.05) is 0 Å². The summed E-state index contributed by atoms with van der Waals surface area (Å²) in [5, 5.41) is 0.233. The minimum Gasteiger partial charge on any atom is -0.269 e. The van der Waals surface area contributed by atoms with Crippen LogP contribution in [0.1, 0.15) is 16.1 Å². The molecule has 0 bridgehead atoms. The highest BCUT2D eigenvalue weighted by molar-refractivity contribution is 6.29. The van der Waals surface area contributed by atoms with Gasteiger partial charge < -0.3 is 0 Å². The summed E-state index contributed by atoms with van der Waals surface area (Å²) in [6.07, 6.45) is 2.58. The Morgan fingerprint density at radius 3 is 2.67 bits per heavy atom. The summed E-state index contributed by atoms with van der Waals surface area (Å²) in [5.74, 6) is -0.463. The monoisotopic (exact) mass is 263 g/mol. The Balaban J connectivity index is 1.84. The second-order valence-corrected chi connectivity index (χ2v) is 3.82. The second kappa shape index (κ2) is 6.09. The number of hydrogen-bond donors (Lipinski definition) is 1. The van der Waals surface area contributed by atoms with Gasteiger partial charge in [0.25, 0.3) is 5.91 Å². The van der Waals surface area contributed by atoms with Crippen molar-refractivity contribution in [3.05, 3.63) is 59.1 Å². The first kappa shape index (κ1) is 12.5. The van der Waals surface area contributed by atoms with Gasteiger partial charge in [-0.3, -0.25) is 9.63 Å². The zero-order chi connectivity index (χ0) is 12.8. The van der Waals surface area contributed by atoms with Crippen molar-refractivity contribution in [1.82, 2.24) is 15.4 Å². The fourth-order valence-corrected chi connectivity index (χ4v) is 1.34. The van der Waals surface area contributed by atoms with E-state index in [4.69, 9.17) is 16.4 Å². The highest BCUT2D eigenvalue weighted by Crippen LogP contribution is 2.02. The van der Waals surface area contributed by atoms with Crippen LogP contribution in [0, 0.1) is 0 Å². The average Bonchev–Trinajstić information content (AvgIpc) is 2.40. The Morgan fingerprint density at radius 1 is 1.22 bits per heavy atom. The standard InChI is InChI=1S/C12H10ClN3O2/c13-11-7-14-10(6-15-11)12(17)16-18-8-9-4-2-1-3-5-9/h1-7H,8H2,(H,16,17). The molecule has 18 heavy (non-hydrogen) atoms. The number of benzene rings is 1. The Hall–Kier alpha value is -1.98. The van der Waals surface area contributed by atoms with Gasteiger partial charge in [-0.1, -0.05) is 41.9 Å². The van der Waals surface area contributed by atoms with E-state index in [1.807, 2.05) is 30.3 Å². The molecule has 5 nitrogen and oxygen atoms in total. The summed E-state index contributed by atoms with van der Waals surface area (Å²) >= 11 is 5.56. The first-order chi connectivity index (χ1) is 8.75. The molecule has 0 radical (unpaired) electrons. The molecule has 0 fully saturated rings. The highest BCUT2D eigenvalue weighted by atomic mass is 35.5. The average molecular weight is 264 g/mol. The van der Waals surface area contributed by atoms with E-state index < -0.39 is 5.91 Å². The van der Waals surface area contributed by atoms with E-state index in [0.717, 1.165) is 5.56 Å². The predicted octanol–water partition coefficient (Wildman–Crippen LogP) is 1.99. The maximum absolute atomic E-state index is 11.6. The molecule has 0 atom stereocenters. The van der Waals surface area contributed by atoms with Crippen molar-refractivity contribution in [3.8, 4) is 0 Å². The molecule has 1 heterocycles. The number of hydroxylamine groups is 1. The number of nitrogens with zero attached hydrogens (tertiary/aromatic N) is 2. The van der Waals surface area contributed by atoms with E-state index in [1.165, 1.54) is 12.4 Å². The Morgan fingerprint density at radius 2 is 2.00 bits per heavy atom. The minimum atomic E-state index is -0.463. The zero-order valence-electron chi connectivity index (χ0n) is 9.34. The lowest BCUT2D eigenvalue weighted by molar-refractivity contribution is 0.0229. The maximum Gasteiger partial charge on any atom is 0.295 e. The van der Waals surface area contributed by atoms with Crippen molar-refractivity contribution in [2.24, 2.45) is 0 Å². The van der Waals surface area contributed by atoms with Gasteiger partial charge in [-0.05, 0) is 5.56 Å². The summed E-state index contributed by atoms with van der Waals surface area (Å²) in [4.78, 5) is 24.2. The SMILES string of the molecule is O=C(NOCc1ccccc1)c1cnc(Cl)cn1. The molecule has 0 saturated carbocycles. The smallest absolute Gasteiger partial charge is 0.269 e. The molecule has 0 aliphatic rings. The number of rotatable bonds is 4. The molecule has 92 valence electrons. The zero-order valence-corrected chi connectivity index (χ0v) is 10.1. The number of carbonyl (C=O) groups excluding carboxylic acids is 1. The molecular weight excluding hydrogens is 254 g/mol.